The average Bonchev–Trinajstić information content (AvgIpc) is 2.96. The summed E-state index contributed by atoms with van der Waals surface area (Å²) in [4.78, 5) is 0. The summed E-state index contributed by atoms with van der Waals surface area (Å²) in [6.45, 7) is 11.4. The molecule has 3 aromatic rings. The first-order valence-electron chi connectivity index (χ1n) is 9.13. The summed E-state index contributed by atoms with van der Waals surface area (Å²) in [7, 11) is 9.87. The topological polar surface area (TPSA) is 0 Å². The molecule has 3 aromatic carbocycles. The van der Waals surface area contributed by atoms with Crippen LogP contribution in [0.5, 0.6) is 0 Å². The van der Waals surface area contributed by atoms with Gasteiger partial charge in [-0.2, -0.15) is 6.07 Å². The minimum atomic E-state index is -0.826. The zero-order valence-corrected chi connectivity index (χ0v) is 20.2. The van der Waals surface area contributed by atoms with Crippen LogP contribution >= 0.6 is 17.0 Å². The summed E-state index contributed by atoms with van der Waals surface area (Å²) < 4.78 is 0. The maximum atomic E-state index is 4.93. The molecule has 0 amide bonds. The zero-order valence-electron chi connectivity index (χ0n) is 16.2. The van der Waals surface area contributed by atoms with E-state index in [2.05, 4.69) is 83.1 Å². The first-order valence-corrected chi connectivity index (χ1v) is 15.5. The van der Waals surface area contributed by atoms with E-state index in [0.29, 0.717) is 11.8 Å². The van der Waals surface area contributed by atoms with Crippen molar-refractivity contribution in [3.8, 4) is 11.1 Å². The Bertz CT molecular complexity index is 847. The minimum absolute atomic E-state index is 0.525. The fraction of sp³-hybridized carbons (Fsp3) is 0.348. The SMILES string of the molecule is Cc1ccccc1-c1c(C(C)C)ccc2[cH-]c(CC(C)C)cc12.[Cl][Zr][Cl]. The number of rotatable bonds is 4. The fourth-order valence-corrected chi connectivity index (χ4v) is 3.59. The van der Waals surface area contributed by atoms with Crippen molar-refractivity contribution in [2.24, 2.45) is 5.92 Å². The van der Waals surface area contributed by atoms with Gasteiger partial charge < -0.3 is 0 Å². The molecule has 26 heavy (non-hydrogen) atoms. The Hall–Kier alpha value is -0.487. The number of hydrogen-bond acceptors (Lipinski definition) is 0. The predicted octanol–water partition coefficient (Wildman–Crippen LogP) is 8.23. The Kier molecular flexibility index (Phi) is 8.53. The fourth-order valence-electron chi connectivity index (χ4n) is 3.59. The molecule has 0 spiro atoms. The molecule has 0 nitrogen and oxygen atoms in total. The predicted molar refractivity (Wildman–Crippen MR) is 114 cm³/mol. The van der Waals surface area contributed by atoms with Gasteiger partial charge in [0.1, 0.15) is 0 Å². The van der Waals surface area contributed by atoms with Gasteiger partial charge in [0, 0.05) is 0 Å². The van der Waals surface area contributed by atoms with Gasteiger partial charge in [-0.3, -0.25) is 0 Å². The van der Waals surface area contributed by atoms with Crippen molar-refractivity contribution in [2.45, 2.75) is 47.0 Å². The molecule has 0 unspecified atom stereocenters. The van der Waals surface area contributed by atoms with Gasteiger partial charge >= 0.3 is 37.9 Å². The molecule has 0 saturated heterocycles. The van der Waals surface area contributed by atoms with Gasteiger partial charge in [0.2, 0.25) is 0 Å². The van der Waals surface area contributed by atoms with Crippen LogP contribution in [0.1, 0.15) is 50.3 Å². The van der Waals surface area contributed by atoms with Crippen LogP contribution in [-0.2, 0) is 27.3 Å². The average molecular weight is 466 g/mol. The monoisotopic (exact) mass is 463 g/mol. The van der Waals surface area contributed by atoms with Gasteiger partial charge in [-0.1, -0.05) is 63.1 Å². The summed E-state index contributed by atoms with van der Waals surface area (Å²) in [6, 6.07) is 18.2. The third-order valence-corrected chi connectivity index (χ3v) is 4.66. The number of fused-ring (bicyclic) bond motifs is 1. The van der Waals surface area contributed by atoms with Crippen molar-refractivity contribution in [2.75, 3.05) is 0 Å². The molecule has 0 bridgehead atoms. The Morgan fingerprint density at radius 2 is 1.65 bits per heavy atom. The van der Waals surface area contributed by atoms with Crippen LogP contribution in [-0.4, -0.2) is 0 Å². The van der Waals surface area contributed by atoms with E-state index < -0.39 is 20.8 Å². The number of benzene rings is 2. The van der Waals surface area contributed by atoms with Gasteiger partial charge in [0.25, 0.3) is 0 Å². The summed E-state index contributed by atoms with van der Waals surface area (Å²) in [6.07, 6.45) is 1.15. The summed E-state index contributed by atoms with van der Waals surface area (Å²) in [5.74, 6) is 1.22. The van der Waals surface area contributed by atoms with Crippen molar-refractivity contribution in [1.82, 2.24) is 0 Å². The van der Waals surface area contributed by atoms with Crippen molar-refractivity contribution in [1.29, 1.82) is 0 Å². The van der Waals surface area contributed by atoms with Gasteiger partial charge in [-0.15, -0.1) is 34.5 Å². The molecule has 0 N–H and O–H groups in total. The number of hydrogen-bond donors (Lipinski definition) is 0. The molecule has 0 aliphatic carbocycles. The molecule has 3 heteroatoms. The van der Waals surface area contributed by atoms with Crippen molar-refractivity contribution < 1.29 is 20.8 Å². The van der Waals surface area contributed by atoms with Crippen molar-refractivity contribution in [3.63, 3.8) is 0 Å². The van der Waals surface area contributed by atoms with Gasteiger partial charge in [0.05, 0.1) is 0 Å². The molecule has 0 atom stereocenters. The van der Waals surface area contributed by atoms with Crippen LogP contribution in [0, 0.1) is 12.8 Å². The molecule has 138 valence electrons. The van der Waals surface area contributed by atoms with Gasteiger partial charge in [-0.25, -0.2) is 0 Å². The maximum absolute atomic E-state index is 4.93. The van der Waals surface area contributed by atoms with Crippen LogP contribution in [0.4, 0.5) is 0 Å². The summed E-state index contributed by atoms with van der Waals surface area (Å²) in [5, 5.41) is 2.80. The zero-order chi connectivity index (χ0) is 19.3. The molecule has 3 rings (SSSR count). The number of aryl methyl sites for hydroxylation is 1. The summed E-state index contributed by atoms with van der Waals surface area (Å²) in [5.41, 5.74) is 7.09. The van der Waals surface area contributed by atoms with E-state index in [4.69, 9.17) is 17.0 Å². The van der Waals surface area contributed by atoms with Crippen LogP contribution in [0.2, 0.25) is 0 Å². The van der Waals surface area contributed by atoms with E-state index in [0.717, 1.165) is 6.42 Å². The van der Waals surface area contributed by atoms with Gasteiger partial charge in [-0.05, 0) is 36.3 Å². The van der Waals surface area contributed by atoms with Crippen LogP contribution in [0.3, 0.4) is 0 Å². The van der Waals surface area contributed by atoms with Crippen LogP contribution < -0.4 is 0 Å². The van der Waals surface area contributed by atoms with E-state index >= 15 is 0 Å². The first-order chi connectivity index (χ1) is 12.4. The normalized spacial score (nSPS) is 11.0. The molecule has 0 aromatic heterocycles. The Morgan fingerprint density at radius 3 is 2.23 bits per heavy atom. The van der Waals surface area contributed by atoms with E-state index in [9.17, 15) is 0 Å². The molecule has 0 saturated carbocycles. The quantitative estimate of drug-likeness (QED) is 0.340. The summed E-state index contributed by atoms with van der Waals surface area (Å²) >= 11 is -0.826. The van der Waals surface area contributed by atoms with Crippen molar-refractivity contribution in [3.05, 3.63) is 65.2 Å². The molecule has 0 fully saturated rings. The molecule has 0 heterocycles. The van der Waals surface area contributed by atoms with E-state index in [-0.39, 0.29) is 0 Å². The first kappa shape index (κ1) is 21.8. The van der Waals surface area contributed by atoms with E-state index in [1.54, 1.807) is 0 Å². The molecular formula is C23H27Cl2Zr-. The molecular weight excluding hydrogens is 438 g/mol. The third kappa shape index (κ3) is 5.28. The second kappa shape index (κ2) is 10.2. The Morgan fingerprint density at radius 1 is 1.00 bits per heavy atom. The Labute approximate surface area is 176 Å². The van der Waals surface area contributed by atoms with Crippen LogP contribution in [0.25, 0.3) is 21.9 Å². The number of halogens is 2. The Balaban J connectivity index is 0.000000758. The molecule has 0 aliphatic heterocycles. The van der Waals surface area contributed by atoms with E-state index in [1.807, 2.05) is 0 Å². The van der Waals surface area contributed by atoms with E-state index in [1.165, 1.54) is 38.6 Å². The molecule has 0 aliphatic rings. The van der Waals surface area contributed by atoms with Crippen LogP contribution in [0.15, 0.2) is 48.5 Å². The second-order valence-electron chi connectivity index (χ2n) is 7.54. The third-order valence-electron chi connectivity index (χ3n) is 4.66. The molecule has 0 radical (unpaired) electrons. The second-order valence-corrected chi connectivity index (χ2v) is 11.3. The van der Waals surface area contributed by atoms with Crippen molar-refractivity contribution >= 4 is 27.8 Å². The van der Waals surface area contributed by atoms with Gasteiger partial charge in [0.15, 0.2) is 0 Å². The standard InChI is InChI=1S/C23H27.2ClH.Zr/c1-15(2)12-18-13-19-10-11-20(16(3)4)23(22(19)14-18)21-9-7-6-8-17(21)5;;;/h6-11,13-16H,12H2,1-5H3;2*1H;/q-1;;;+2/p-2.